The van der Waals surface area contributed by atoms with Crippen LogP contribution in [0.25, 0.3) is 0 Å². The molecule has 0 aromatic carbocycles. The Morgan fingerprint density at radius 1 is 1.33 bits per heavy atom. The van der Waals surface area contributed by atoms with Gasteiger partial charge in [0, 0.05) is 40.5 Å². The number of carbonyl (C=O) groups excluding carboxylic acids is 1. The van der Waals surface area contributed by atoms with E-state index in [0.717, 1.165) is 12.3 Å². The van der Waals surface area contributed by atoms with Crippen molar-refractivity contribution in [2.24, 2.45) is 5.10 Å². The van der Waals surface area contributed by atoms with Crippen molar-refractivity contribution in [1.29, 1.82) is 0 Å². The molecule has 98 valence electrons. The third-order valence-corrected chi connectivity index (χ3v) is 4.01. The minimum Gasteiger partial charge on any atom is -0.369 e. The quantitative estimate of drug-likeness (QED) is 0.658. The first-order chi connectivity index (χ1) is 8.50. The van der Waals surface area contributed by atoms with Gasteiger partial charge in [-0.1, -0.05) is 0 Å². The summed E-state index contributed by atoms with van der Waals surface area (Å²) in [6, 6.07) is 0. The predicted octanol–water partition coefficient (Wildman–Crippen LogP) is 0.780. The van der Waals surface area contributed by atoms with Crippen LogP contribution in [0.4, 0.5) is 0 Å². The average molecular weight is 266 g/mol. The largest absolute Gasteiger partial charge is 0.369 e. The third-order valence-electron chi connectivity index (χ3n) is 2.88. The molecular formula is C12H18N4OS. The van der Waals surface area contributed by atoms with Gasteiger partial charge in [0.1, 0.15) is 0 Å². The zero-order valence-electron chi connectivity index (χ0n) is 11.2. The lowest BCUT2D eigenvalue weighted by Crippen LogP contribution is -2.24. The summed E-state index contributed by atoms with van der Waals surface area (Å²) < 4.78 is 0. The first-order valence-electron chi connectivity index (χ1n) is 5.81. The van der Waals surface area contributed by atoms with E-state index in [1.807, 2.05) is 42.9 Å². The summed E-state index contributed by atoms with van der Waals surface area (Å²) >= 11 is 1.81. The van der Waals surface area contributed by atoms with E-state index in [2.05, 4.69) is 17.0 Å². The van der Waals surface area contributed by atoms with E-state index in [1.54, 1.807) is 7.05 Å². The van der Waals surface area contributed by atoms with Crippen LogP contribution in [0.1, 0.15) is 0 Å². The fourth-order valence-electron chi connectivity index (χ4n) is 1.82. The number of thioether (sulfide) groups is 1. The van der Waals surface area contributed by atoms with Crippen molar-refractivity contribution in [3.63, 3.8) is 0 Å². The molecular weight excluding hydrogens is 248 g/mol. The Balaban J connectivity index is 2.26. The molecule has 2 rings (SSSR count). The standard InChI is InChI=1S/C12H18N4OS/c1-14(2)11-9(12(17)16(4)13-11)5-6-10-15(3)7-8-18-10/h5-6H,7-8H2,1-4H3/b9-5+,10-6+. The smallest absolute Gasteiger partial charge is 0.277 e. The number of carbonyl (C=O) groups is 1. The fourth-order valence-corrected chi connectivity index (χ4v) is 2.88. The van der Waals surface area contributed by atoms with Crippen molar-refractivity contribution < 1.29 is 4.79 Å². The van der Waals surface area contributed by atoms with Crippen LogP contribution in [-0.4, -0.2) is 67.0 Å². The highest BCUT2D eigenvalue weighted by Gasteiger charge is 2.28. The Hall–Kier alpha value is -1.43. The number of rotatable bonds is 1. The van der Waals surface area contributed by atoms with Gasteiger partial charge >= 0.3 is 0 Å². The molecule has 0 bridgehead atoms. The van der Waals surface area contributed by atoms with Crippen LogP contribution < -0.4 is 0 Å². The van der Waals surface area contributed by atoms with Gasteiger partial charge in [0.25, 0.3) is 5.91 Å². The first-order valence-corrected chi connectivity index (χ1v) is 6.79. The van der Waals surface area contributed by atoms with Crippen LogP contribution in [0.3, 0.4) is 0 Å². The monoisotopic (exact) mass is 266 g/mol. The zero-order chi connectivity index (χ0) is 13.3. The highest BCUT2D eigenvalue weighted by atomic mass is 32.2. The van der Waals surface area contributed by atoms with Crippen molar-refractivity contribution in [2.75, 3.05) is 40.5 Å². The highest BCUT2D eigenvalue weighted by Crippen LogP contribution is 2.26. The third kappa shape index (κ3) is 2.38. The molecule has 6 heteroatoms. The molecule has 0 saturated carbocycles. The van der Waals surface area contributed by atoms with Crippen molar-refractivity contribution in [3.05, 3.63) is 22.8 Å². The lowest BCUT2D eigenvalue weighted by atomic mass is 10.2. The molecule has 2 heterocycles. The second kappa shape index (κ2) is 5.06. The minimum atomic E-state index is -0.0544. The van der Waals surface area contributed by atoms with Crippen molar-refractivity contribution in [1.82, 2.24) is 14.8 Å². The van der Waals surface area contributed by atoms with Gasteiger partial charge in [-0.3, -0.25) is 4.79 Å². The number of likely N-dealkylation sites (N-methyl/N-ethyl adjacent to an activating group) is 2. The van der Waals surface area contributed by atoms with Crippen LogP contribution in [0, 0.1) is 0 Å². The van der Waals surface area contributed by atoms with Crippen LogP contribution >= 0.6 is 11.8 Å². The first kappa shape index (κ1) is 13.0. The van der Waals surface area contributed by atoms with Crippen LogP contribution in [0.2, 0.25) is 0 Å². The molecule has 1 fully saturated rings. The highest BCUT2D eigenvalue weighted by molar-refractivity contribution is 8.03. The van der Waals surface area contributed by atoms with Crippen molar-refractivity contribution in [3.8, 4) is 0 Å². The van der Waals surface area contributed by atoms with Crippen molar-refractivity contribution in [2.45, 2.75) is 0 Å². The van der Waals surface area contributed by atoms with E-state index in [9.17, 15) is 4.79 Å². The summed E-state index contributed by atoms with van der Waals surface area (Å²) in [5.74, 6) is 1.76. The van der Waals surface area contributed by atoms with E-state index < -0.39 is 0 Å². The number of amides is 1. The SMILES string of the molecule is CN(C)C1=NN(C)C(=O)/C1=C/C=C1/SCCN1C. The second-order valence-electron chi connectivity index (χ2n) is 4.50. The predicted molar refractivity (Wildman–Crippen MR) is 75.1 cm³/mol. The maximum atomic E-state index is 12.0. The van der Waals surface area contributed by atoms with Crippen LogP contribution in [-0.2, 0) is 4.79 Å². The van der Waals surface area contributed by atoms with Gasteiger partial charge in [-0.2, -0.15) is 5.10 Å². The number of amidine groups is 1. The molecule has 0 aliphatic carbocycles. The Labute approximate surface area is 112 Å². The number of nitrogens with zero attached hydrogens (tertiary/aromatic N) is 4. The molecule has 2 aliphatic heterocycles. The summed E-state index contributed by atoms with van der Waals surface area (Å²) in [5, 5.41) is 6.80. The summed E-state index contributed by atoms with van der Waals surface area (Å²) in [5.41, 5.74) is 0.649. The Morgan fingerprint density at radius 2 is 2.06 bits per heavy atom. The zero-order valence-corrected chi connectivity index (χ0v) is 12.0. The van der Waals surface area contributed by atoms with Gasteiger partial charge in [-0.25, -0.2) is 5.01 Å². The summed E-state index contributed by atoms with van der Waals surface area (Å²) in [6.07, 6.45) is 3.87. The molecule has 0 unspecified atom stereocenters. The van der Waals surface area contributed by atoms with E-state index in [4.69, 9.17) is 0 Å². The molecule has 0 radical (unpaired) electrons. The lowest BCUT2D eigenvalue weighted by molar-refractivity contribution is -0.124. The van der Waals surface area contributed by atoms with Gasteiger partial charge < -0.3 is 9.80 Å². The van der Waals surface area contributed by atoms with Gasteiger partial charge in [0.2, 0.25) is 0 Å². The molecule has 1 amide bonds. The molecule has 0 aromatic rings. The Kier molecular flexibility index (Phi) is 3.65. The average Bonchev–Trinajstić information content (AvgIpc) is 2.83. The molecule has 0 atom stereocenters. The summed E-state index contributed by atoms with van der Waals surface area (Å²) in [7, 11) is 7.52. The number of hydrazone groups is 1. The molecule has 1 saturated heterocycles. The van der Waals surface area contributed by atoms with E-state index in [1.165, 1.54) is 10.0 Å². The van der Waals surface area contributed by atoms with Gasteiger partial charge in [-0.15, -0.1) is 11.8 Å². The number of hydrogen-bond acceptors (Lipinski definition) is 5. The van der Waals surface area contributed by atoms with Crippen LogP contribution in [0.15, 0.2) is 27.9 Å². The molecule has 0 spiro atoms. The Morgan fingerprint density at radius 3 is 2.61 bits per heavy atom. The minimum absolute atomic E-state index is 0.0544. The topological polar surface area (TPSA) is 39.1 Å². The maximum Gasteiger partial charge on any atom is 0.277 e. The molecule has 18 heavy (non-hydrogen) atoms. The van der Waals surface area contributed by atoms with E-state index in [0.29, 0.717) is 11.4 Å². The van der Waals surface area contributed by atoms with Gasteiger partial charge in [-0.05, 0) is 12.2 Å². The molecule has 0 aromatic heterocycles. The molecule has 0 N–H and O–H groups in total. The summed E-state index contributed by atoms with van der Waals surface area (Å²) in [6.45, 7) is 1.06. The number of hydrogen-bond donors (Lipinski definition) is 0. The summed E-state index contributed by atoms with van der Waals surface area (Å²) in [4.78, 5) is 16.0. The van der Waals surface area contributed by atoms with Crippen molar-refractivity contribution >= 4 is 23.5 Å². The van der Waals surface area contributed by atoms with Gasteiger partial charge in [0.15, 0.2) is 5.84 Å². The Bertz CT molecular complexity index is 453. The lowest BCUT2D eigenvalue weighted by Gasteiger charge is -2.12. The van der Waals surface area contributed by atoms with E-state index >= 15 is 0 Å². The van der Waals surface area contributed by atoms with E-state index in [-0.39, 0.29) is 5.91 Å². The maximum absolute atomic E-state index is 12.0. The fraction of sp³-hybridized carbons (Fsp3) is 0.500. The molecule has 5 nitrogen and oxygen atoms in total. The molecule has 2 aliphatic rings. The number of allylic oxidation sites excluding steroid dienone is 2. The van der Waals surface area contributed by atoms with Gasteiger partial charge in [0.05, 0.1) is 10.6 Å². The van der Waals surface area contributed by atoms with Crippen LogP contribution in [0.5, 0.6) is 0 Å². The second-order valence-corrected chi connectivity index (χ2v) is 5.62. The normalized spacial score (nSPS) is 24.4.